The molecule has 6 heteroatoms. The minimum Gasteiger partial charge on any atom is -0.463 e. The van der Waals surface area contributed by atoms with Crippen LogP contribution in [-0.4, -0.2) is 52.3 Å². The highest BCUT2D eigenvalue weighted by Crippen LogP contribution is 2.27. The molecule has 4 aromatic rings. The summed E-state index contributed by atoms with van der Waals surface area (Å²) in [5.74, 6) is 0.566. The molecule has 0 saturated carbocycles. The van der Waals surface area contributed by atoms with Gasteiger partial charge in [-0.15, -0.1) is 0 Å². The Morgan fingerprint density at radius 3 is 2.16 bits per heavy atom. The van der Waals surface area contributed by atoms with Crippen LogP contribution >= 0.6 is 0 Å². The number of aromatic nitrogens is 2. The number of hydrogen-bond acceptors (Lipinski definition) is 4. The number of benzene rings is 2. The molecule has 1 aliphatic heterocycles. The molecule has 0 unspecified atom stereocenters. The molecule has 0 atom stereocenters. The second-order valence-electron chi connectivity index (χ2n) is 8.17. The molecule has 0 spiro atoms. The Morgan fingerprint density at radius 1 is 0.875 bits per heavy atom. The Bertz CT molecular complexity index is 1140. The zero-order valence-electron chi connectivity index (χ0n) is 18.2. The second-order valence-corrected chi connectivity index (χ2v) is 8.17. The molecular weight excluding hydrogens is 403 g/mol. The average molecular weight is 431 g/mol. The van der Waals surface area contributed by atoms with E-state index >= 15 is 0 Å². The summed E-state index contributed by atoms with van der Waals surface area (Å²) in [6.45, 7) is 8.48. The molecule has 2 aromatic carbocycles. The van der Waals surface area contributed by atoms with Crippen molar-refractivity contribution in [2.75, 3.05) is 32.7 Å². The smallest absolute Gasteiger partial charge is 0.152 e. The van der Waals surface area contributed by atoms with Crippen molar-refractivity contribution in [3.63, 3.8) is 0 Å². The lowest BCUT2D eigenvalue weighted by Crippen LogP contribution is -2.45. The molecule has 1 aliphatic rings. The quantitative estimate of drug-likeness (QED) is 0.428. The summed E-state index contributed by atoms with van der Waals surface area (Å²) >= 11 is 0. The number of piperazine rings is 1. The molecule has 164 valence electrons. The van der Waals surface area contributed by atoms with Crippen molar-refractivity contribution in [2.45, 2.75) is 13.5 Å². The van der Waals surface area contributed by atoms with Gasteiger partial charge in [0.15, 0.2) is 5.76 Å². The van der Waals surface area contributed by atoms with E-state index < -0.39 is 0 Å². The van der Waals surface area contributed by atoms with Gasteiger partial charge in [-0.25, -0.2) is 9.07 Å². The van der Waals surface area contributed by atoms with Crippen molar-refractivity contribution in [1.29, 1.82) is 0 Å². The first-order valence-corrected chi connectivity index (χ1v) is 11.1. The van der Waals surface area contributed by atoms with E-state index in [0.29, 0.717) is 0 Å². The summed E-state index contributed by atoms with van der Waals surface area (Å²) in [7, 11) is 0. The number of halogens is 1. The summed E-state index contributed by atoms with van der Waals surface area (Å²) < 4.78 is 20.9. The van der Waals surface area contributed by atoms with Gasteiger partial charge in [0.2, 0.25) is 0 Å². The first kappa shape index (κ1) is 20.7. The summed E-state index contributed by atoms with van der Waals surface area (Å²) in [5, 5.41) is 4.94. The van der Waals surface area contributed by atoms with Gasteiger partial charge in [0.05, 0.1) is 17.6 Å². The fourth-order valence-electron chi connectivity index (χ4n) is 4.23. The third kappa shape index (κ3) is 4.38. The van der Waals surface area contributed by atoms with E-state index in [1.54, 1.807) is 18.4 Å². The normalized spacial score (nSPS) is 15.3. The van der Waals surface area contributed by atoms with E-state index in [4.69, 9.17) is 9.52 Å². The maximum Gasteiger partial charge on any atom is 0.152 e. The van der Waals surface area contributed by atoms with Crippen LogP contribution in [0.3, 0.4) is 0 Å². The predicted octanol–water partition coefficient (Wildman–Crippen LogP) is 5.08. The molecule has 3 heterocycles. The minimum atomic E-state index is -0.228. The number of furan rings is 1. The van der Waals surface area contributed by atoms with Crippen LogP contribution in [0.15, 0.2) is 77.4 Å². The Hall–Kier alpha value is -3.22. The highest BCUT2D eigenvalue weighted by Gasteiger charge is 2.19. The molecule has 32 heavy (non-hydrogen) atoms. The first-order chi connectivity index (χ1) is 15.7. The van der Waals surface area contributed by atoms with Gasteiger partial charge in [-0.1, -0.05) is 31.2 Å². The van der Waals surface area contributed by atoms with Gasteiger partial charge in [0.1, 0.15) is 11.5 Å². The molecule has 0 amide bonds. The molecule has 0 N–H and O–H groups in total. The number of hydrogen-bond donors (Lipinski definition) is 0. The largest absolute Gasteiger partial charge is 0.463 e. The standard InChI is InChI=1S/C26H27FN4O/c1-2-29-13-15-30(16-14-29)19-23-18-25(26-4-3-17-32-26)31(28-23)24-11-7-21(8-12-24)20-5-9-22(27)10-6-20/h3-12,17-18H,2,13-16,19H2,1H3. The summed E-state index contributed by atoms with van der Waals surface area (Å²) in [6, 6.07) is 20.7. The van der Waals surface area contributed by atoms with Crippen molar-refractivity contribution >= 4 is 0 Å². The Morgan fingerprint density at radius 2 is 1.53 bits per heavy atom. The van der Waals surface area contributed by atoms with Gasteiger partial charge in [-0.2, -0.15) is 5.10 Å². The van der Waals surface area contributed by atoms with Crippen LogP contribution in [-0.2, 0) is 6.54 Å². The predicted molar refractivity (Wildman–Crippen MR) is 124 cm³/mol. The van der Waals surface area contributed by atoms with Crippen molar-refractivity contribution in [1.82, 2.24) is 19.6 Å². The Kier molecular flexibility index (Phi) is 5.88. The SMILES string of the molecule is CCN1CCN(Cc2cc(-c3ccco3)n(-c3ccc(-c4ccc(F)cc4)cc3)n2)CC1. The van der Waals surface area contributed by atoms with E-state index in [1.807, 2.05) is 41.1 Å². The van der Waals surface area contributed by atoms with E-state index in [1.165, 1.54) is 12.1 Å². The lowest BCUT2D eigenvalue weighted by molar-refractivity contribution is 0.130. The molecule has 5 nitrogen and oxygen atoms in total. The second kappa shape index (κ2) is 9.10. The van der Waals surface area contributed by atoms with Crippen LogP contribution in [0.5, 0.6) is 0 Å². The van der Waals surface area contributed by atoms with Gasteiger partial charge in [-0.05, 0) is 60.1 Å². The van der Waals surface area contributed by atoms with Crippen LogP contribution in [0.2, 0.25) is 0 Å². The van der Waals surface area contributed by atoms with Crippen LogP contribution in [0.4, 0.5) is 4.39 Å². The zero-order chi connectivity index (χ0) is 21.9. The summed E-state index contributed by atoms with van der Waals surface area (Å²) in [6.07, 6.45) is 1.69. The molecule has 0 aliphatic carbocycles. The van der Waals surface area contributed by atoms with Crippen LogP contribution < -0.4 is 0 Å². The van der Waals surface area contributed by atoms with Gasteiger partial charge in [-0.3, -0.25) is 4.90 Å². The van der Waals surface area contributed by atoms with Crippen molar-refractivity contribution < 1.29 is 8.81 Å². The van der Waals surface area contributed by atoms with E-state index in [9.17, 15) is 4.39 Å². The summed E-state index contributed by atoms with van der Waals surface area (Å²) in [4.78, 5) is 4.94. The molecule has 5 rings (SSSR count). The van der Waals surface area contributed by atoms with Crippen LogP contribution in [0, 0.1) is 5.82 Å². The van der Waals surface area contributed by atoms with Crippen molar-refractivity contribution in [2.24, 2.45) is 0 Å². The lowest BCUT2D eigenvalue weighted by atomic mass is 10.1. The molecule has 1 fully saturated rings. The number of nitrogens with zero attached hydrogens (tertiary/aromatic N) is 4. The van der Waals surface area contributed by atoms with Gasteiger partial charge >= 0.3 is 0 Å². The number of rotatable bonds is 6. The molecule has 0 bridgehead atoms. The van der Waals surface area contributed by atoms with Gasteiger partial charge < -0.3 is 9.32 Å². The Balaban J connectivity index is 1.42. The van der Waals surface area contributed by atoms with Crippen LogP contribution in [0.1, 0.15) is 12.6 Å². The van der Waals surface area contributed by atoms with Crippen LogP contribution in [0.25, 0.3) is 28.3 Å². The fraction of sp³-hybridized carbons (Fsp3) is 0.269. The van der Waals surface area contributed by atoms with E-state index in [0.717, 1.165) is 73.2 Å². The summed E-state index contributed by atoms with van der Waals surface area (Å²) in [5.41, 5.74) is 4.95. The Labute approximate surface area is 187 Å². The molecule has 0 radical (unpaired) electrons. The monoisotopic (exact) mass is 430 g/mol. The zero-order valence-corrected chi connectivity index (χ0v) is 18.2. The molecule has 2 aromatic heterocycles. The molecule has 1 saturated heterocycles. The third-order valence-corrected chi connectivity index (χ3v) is 6.12. The number of likely N-dealkylation sites (N-methyl/N-ethyl adjacent to an activating group) is 1. The fourth-order valence-corrected chi connectivity index (χ4v) is 4.23. The third-order valence-electron chi connectivity index (χ3n) is 6.12. The maximum absolute atomic E-state index is 13.2. The highest BCUT2D eigenvalue weighted by molar-refractivity contribution is 5.65. The lowest BCUT2D eigenvalue weighted by Gasteiger charge is -2.33. The molecular formula is C26H27FN4O. The van der Waals surface area contributed by atoms with E-state index in [-0.39, 0.29) is 5.82 Å². The van der Waals surface area contributed by atoms with E-state index in [2.05, 4.69) is 22.8 Å². The minimum absolute atomic E-state index is 0.228. The van der Waals surface area contributed by atoms with Gasteiger partial charge in [0.25, 0.3) is 0 Å². The van der Waals surface area contributed by atoms with Gasteiger partial charge in [0, 0.05) is 32.7 Å². The average Bonchev–Trinajstić information content (AvgIpc) is 3.50. The van der Waals surface area contributed by atoms with Crippen molar-refractivity contribution in [3.8, 4) is 28.3 Å². The topological polar surface area (TPSA) is 37.4 Å². The van der Waals surface area contributed by atoms with Crippen molar-refractivity contribution in [3.05, 3.63) is 84.5 Å². The maximum atomic E-state index is 13.2. The highest BCUT2D eigenvalue weighted by atomic mass is 19.1. The first-order valence-electron chi connectivity index (χ1n) is 11.1.